The molecule has 6 heteroatoms. The van der Waals surface area contributed by atoms with Gasteiger partial charge in [0.2, 0.25) is 0 Å². The van der Waals surface area contributed by atoms with E-state index in [-0.39, 0.29) is 17.4 Å². The molecular formula is C25H29N3O3. The van der Waals surface area contributed by atoms with Crippen molar-refractivity contribution in [2.45, 2.75) is 33.2 Å². The minimum absolute atomic E-state index is 0.0148. The predicted molar refractivity (Wildman–Crippen MR) is 125 cm³/mol. The maximum atomic E-state index is 12.4. The van der Waals surface area contributed by atoms with Crippen LogP contribution in [0, 0.1) is 12.8 Å². The highest BCUT2D eigenvalue weighted by Crippen LogP contribution is 2.25. The molecule has 0 aliphatic carbocycles. The van der Waals surface area contributed by atoms with Gasteiger partial charge >= 0.3 is 5.97 Å². The summed E-state index contributed by atoms with van der Waals surface area (Å²) in [4.78, 5) is 29.7. The highest BCUT2D eigenvalue weighted by atomic mass is 16.5. The Morgan fingerprint density at radius 2 is 1.90 bits per heavy atom. The summed E-state index contributed by atoms with van der Waals surface area (Å²) in [5.41, 5.74) is 4.72. The first-order valence-electron chi connectivity index (χ1n) is 10.9. The number of fused-ring (bicyclic) bond motifs is 1. The van der Waals surface area contributed by atoms with Gasteiger partial charge in [-0.2, -0.15) is 0 Å². The van der Waals surface area contributed by atoms with E-state index in [1.54, 1.807) is 0 Å². The van der Waals surface area contributed by atoms with Crippen molar-refractivity contribution in [1.29, 1.82) is 0 Å². The summed E-state index contributed by atoms with van der Waals surface area (Å²) in [6.45, 7) is 6.45. The number of aromatic amines is 1. The van der Waals surface area contributed by atoms with Gasteiger partial charge in [-0.05, 0) is 68.0 Å². The monoisotopic (exact) mass is 419 g/mol. The molecule has 1 fully saturated rings. The van der Waals surface area contributed by atoms with E-state index in [1.165, 1.54) is 0 Å². The molecule has 0 spiro atoms. The maximum Gasteiger partial charge on any atom is 0.309 e. The molecule has 1 aliphatic rings. The molecule has 0 amide bonds. The lowest BCUT2D eigenvalue weighted by Crippen LogP contribution is -2.36. The van der Waals surface area contributed by atoms with E-state index < -0.39 is 0 Å². The number of nitrogens with one attached hydrogen (secondary N) is 2. The van der Waals surface area contributed by atoms with Crippen molar-refractivity contribution >= 4 is 28.2 Å². The Kier molecular flexibility index (Phi) is 6.26. The predicted octanol–water partition coefficient (Wildman–Crippen LogP) is 4.23. The third kappa shape index (κ3) is 4.74. The lowest BCUT2D eigenvalue weighted by Gasteiger charge is -2.32. The summed E-state index contributed by atoms with van der Waals surface area (Å²) in [6, 6.07) is 16.2. The van der Waals surface area contributed by atoms with Crippen LogP contribution in [0.3, 0.4) is 0 Å². The van der Waals surface area contributed by atoms with Crippen LogP contribution in [0.5, 0.6) is 0 Å². The van der Waals surface area contributed by atoms with Crippen molar-refractivity contribution in [3.8, 4) is 0 Å². The fourth-order valence-electron chi connectivity index (χ4n) is 4.18. The van der Waals surface area contributed by atoms with E-state index in [4.69, 9.17) is 4.74 Å². The largest absolute Gasteiger partial charge is 0.466 e. The number of aryl methyl sites for hydroxylation is 1. The van der Waals surface area contributed by atoms with Crippen LogP contribution in [0.4, 0.5) is 11.4 Å². The summed E-state index contributed by atoms with van der Waals surface area (Å²) >= 11 is 0. The van der Waals surface area contributed by atoms with Gasteiger partial charge in [-0.3, -0.25) is 9.59 Å². The number of rotatable bonds is 6. The molecule has 0 atom stereocenters. The number of hydrogen-bond donors (Lipinski definition) is 2. The molecule has 0 radical (unpaired) electrons. The number of piperidine rings is 1. The second-order valence-electron chi connectivity index (χ2n) is 8.08. The van der Waals surface area contributed by atoms with Gasteiger partial charge in [-0.1, -0.05) is 18.2 Å². The number of esters is 1. The summed E-state index contributed by atoms with van der Waals surface area (Å²) < 4.78 is 5.15. The molecule has 4 rings (SSSR count). The van der Waals surface area contributed by atoms with Crippen LogP contribution in [0.25, 0.3) is 10.9 Å². The smallest absolute Gasteiger partial charge is 0.309 e. The third-order valence-corrected chi connectivity index (χ3v) is 6.00. The minimum atomic E-state index is -0.0689. The molecule has 3 aromatic rings. The van der Waals surface area contributed by atoms with Crippen LogP contribution < -0.4 is 15.8 Å². The maximum absolute atomic E-state index is 12.4. The number of carbonyl (C=O) groups excluding carboxylic acids is 1. The number of anilines is 2. The van der Waals surface area contributed by atoms with Crippen molar-refractivity contribution < 1.29 is 9.53 Å². The van der Waals surface area contributed by atoms with E-state index in [2.05, 4.69) is 27.3 Å². The van der Waals surface area contributed by atoms with E-state index >= 15 is 0 Å². The quantitative estimate of drug-likeness (QED) is 0.585. The summed E-state index contributed by atoms with van der Waals surface area (Å²) in [7, 11) is 0. The zero-order chi connectivity index (χ0) is 21.8. The highest BCUT2D eigenvalue weighted by Gasteiger charge is 2.26. The van der Waals surface area contributed by atoms with Crippen LogP contribution in [-0.4, -0.2) is 30.6 Å². The Bertz CT molecular complexity index is 1110. The molecule has 31 heavy (non-hydrogen) atoms. The van der Waals surface area contributed by atoms with Crippen molar-refractivity contribution in [2.24, 2.45) is 5.92 Å². The molecule has 0 saturated carbocycles. The average Bonchev–Trinajstić information content (AvgIpc) is 2.79. The Hall–Kier alpha value is -3.28. The molecule has 2 heterocycles. The highest BCUT2D eigenvalue weighted by molar-refractivity contribution is 5.82. The summed E-state index contributed by atoms with van der Waals surface area (Å²) in [5.74, 6) is -0.0542. The average molecular weight is 420 g/mol. The Morgan fingerprint density at radius 1 is 1.16 bits per heavy atom. The van der Waals surface area contributed by atoms with Gasteiger partial charge in [-0.15, -0.1) is 0 Å². The van der Waals surface area contributed by atoms with Crippen molar-refractivity contribution in [2.75, 3.05) is 29.9 Å². The molecule has 1 aromatic heterocycles. The first-order chi connectivity index (χ1) is 15.0. The van der Waals surface area contributed by atoms with Gasteiger partial charge in [0.25, 0.3) is 5.56 Å². The van der Waals surface area contributed by atoms with Gasteiger partial charge in [0, 0.05) is 36.6 Å². The number of benzene rings is 2. The number of pyridine rings is 1. The van der Waals surface area contributed by atoms with E-state index in [1.807, 2.05) is 50.2 Å². The normalized spacial score (nSPS) is 14.6. The number of hydrogen-bond acceptors (Lipinski definition) is 5. The summed E-state index contributed by atoms with van der Waals surface area (Å²) in [6.07, 6.45) is 1.64. The number of H-pyrrole nitrogens is 1. The van der Waals surface area contributed by atoms with E-state index in [0.717, 1.165) is 53.8 Å². The number of nitrogens with zero attached hydrogens (tertiary/aromatic N) is 1. The molecule has 2 N–H and O–H groups in total. The fourth-order valence-corrected chi connectivity index (χ4v) is 4.18. The van der Waals surface area contributed by atoms with E-state index in [0.29, 0.717) is 18.7 Å². The fraction of sp³-hybridized carbons (Fsp3) is 0.360. The molecule has 1 aliphatic heterocycles. The Balaban J connectivity index is 1.36. The van der Waals surface area contributed by atoms with Crippen molar-refractivity contribution in [3.63, 3.8) is 0 Å². The van der Waals surface area contributed by atoms with Gasteiger partial charge < -0.3 is 19.9 Å². The number of para-hydroxylation sites is 1. The Labute approximate surface area is 182 Å². The van der Waals surface area contributed by atoms with Gasteiger partial charge in [0.1, 0.15) is 0 Å². The summed E-state index contributed by atoms with van der Waals surface area (Å²) in [5, 5.41) is 4.39. The van der Waals surface area contributed by atoms with E-state index in [9.17, 15) is 9.59 Å². The van der Waals surface area contributed by atoms with Crippen LogP contribution in [0.2, 0.25) is 0 Å². The first-order valence-corrected chi connectivity index (χ1v) is 10.9. The third-order valence-electron chi connectivity index (χ3n) is 6.00. The molecule has 1 saturated heterocycles. The van der Waals surface area contributed by atoms with Crippen LogP contribution >= 0.6 is 0 Å². The Morgan fingerprint density at radius 3 is 2.61 bits per heavy atom. The molecule has 6 nitrogen and oxygen atoms in total. The number of carbonyl (C=O) groups is 1. The first kappa shape index (κ1) is 21.0. The van der Waals surface area contributed by atoms with Crippen molar-refractivity contribution in [1.82, 2.24) is 4.98 Å². The van der Waals surface area contributed by atoms with Crippen LogP contribution in [0.15, 0.2) is 53.3 Å². The number of ether oxygens (including phenoxy) is 1. The number of aromatic nitrogens is 1. The zero-order valence-corrected chi connectivity index (χ0v) is 18.1. The molecular weight excluding hydrogens is 390 g/mol. The van der Waals surface area contributed by atoms with Crippen LogP contribution in [0.1, 0.15) is 30.9 Å². The lowest BCUT2D eigenvalue weighted by atomic mass is 9.96. The molecule has 162 valence electrons. The topological polar surface area (TPSA) is 74.4 Å². The van der Waals surface area contributed by atoms with Crippen LogP contribution in [-0.2, 0) is 16.1 Å². The second kappa shape index (κ2) is 9.25. The molecule has 2 aromatic carbocycles. The SMILES string of the molecule is CCOC(=O)C1CCN(c2ccc(NCc3cc4cccc(C)c4[nH]c3=O)cc2)CC1. The second-order valence-corrected chi connectivity index (χ2v) is 8.08. The lowest BCUT2D eigenvalue weighted by molar-refractivity contribution is -0.148. The standard InChI is InChI=1S/C25H29N3O3/c1-3-31-25(30)18-11-13-28(14-12-18)22-9-7-21(8-10-22)26-16-20-15-19-6-4-5-17(2)23(19)27-24(20)29/h4-10,15,18,26H,3,11-14,16H2,1-2H3,(H,27,29). The molecule has 0 unspecified atom stereocenters. The van der Waals surface area contributed by atoms with Crippen molar-refractivity contribution in [3.05, 3.63) is 70.0 Å². The van der Waals surface area contributed by atoms with Gasteiger partial charge in [0.05, 0.1) is 18.0 Å². The molecule has 0 bridgehead atoms. The van der Waals surface area contributed by atoms with Gasteiger partial charge in [-0.25, -0.2) is 0 Å². The zero-order valence-electron chi connectivity index (χ0n) is 18.1. The minimum Gasteiger partial charge on any atom is -0.466 e. The van der Waals surface area contributed by atoms with Gasteiger partial charge in [0.15, 0.2) is 0 Å².